The predicted octanol–water partition coefficient (Wildman–Crippen LogP) is 2.60. The van der Waals surface area contributed by atoms with E-state index in [1.165, 1.54) is 19.1 Å². The molecule has 1 saturated heterocycles. The fourth-order valence-electron chi connectivity index (χ4n) is 3.76. The second kappa shape index (κ2) is 10.2. The number of piperidine rings is 1. The number of nitrogens with zero attached hydrogens (tertiary/aromatic N) is 1. The quantitative estimate of drug-likeness (QED) is 0.747. The van der Waals surface area contributed by atoms with E-state index in [1.54, 1.807) is 17.0 Å². The maximum atomic E-state index is 13.5. The minimum atomic E-state index is -0.786. The van der Waals surface area contributed by atoms with Gasteiger partial charge in [0.1, 0.15) is 11.9 Å². The zero-order valence-electron chi connectivity index (χ0n) is 17.9. The molecular weight excluding hydrogens is 397 g/mol. The van der Waals surface area contributed by atoms with Gasteiger partial charge in [0, 0.05) is 38.0 Å². The highest BCUT2D eigenvalue weighted by atomic mass is 19.1. The van der Waals surface area contributed by atoms with Crippen molar-refractivity contribution in [2.75, 3.05) is 13.1 Å². The lowest BCUT2D eigenvalue weighted by Gasteiger charge is -2.33. The van der Waals surface area contributed by atoms with E-state index in [-0.39, 0.29) is 36.0 Å². The Morgan fingerprint density at radius 3 is 2.39 bits per heavy atom. The van der Waals surface area contributed by atoms with Crippen molar-refractivity contribution in [1.29, 1.82) is 0 Å². The normalized spacial score (nSPS) is 15.3. The van der Waals surface area contributed by atoms with Crippen molar-refractivity contribution < 1.29 is 18.8 Å². The molecule has 0 spiro atoms. The van der Waals surface area contributed by atoms with Gasteiger partial charge in [-0.3, -0.25) is 14.4 Å². The molecule has 0 aliphatic carbocycles. The van der Waals surface area contributed by atoms with Crippen molar-refractivity contribution in [3.63, 3.8) is 0 Å². The van der Waals surface area contributed by atoms with E-state index in [2.05, 4.69) is 10.6 Å². The summed E-state index contributed by atoms with van der Waals surface area (Å²) in [6.45, 7) is 4.42. The third-order valence-electron chi connectivity index (χ3n) is 5.45. The van der Waals surface area contributed by atoms with Gasteiger partial charge in [-0.25, -0.2) is 4.39 Å². The van der Waals surface area contributed by atoms with E-state index in [4.69, 9.17) is 0 Å². The van der Waals surface area contributed by atoms with E-state index >= 15 is 0 Å². The number of aryl methyl sites for hydroxylation is 1. The molecule has 2 N–H and O–H groups in total. The van der Waals surface area contributed by atoms with Crippen molar-refractivity contribution in [2.24, 2.45) is 0 Å². The molecule has 31 heavy (non-hydrogen) atoms. The van der Waals surface area contributed by atoms with Gasteiger partial charge in [-0.2, -0.15) is 0 Å². The molecule has 164 valence electrons. The average molecular weight is 426 g/mol. The highest BCUT2D eigenvalue weighted by Crippen LogP contribution is 2.15. The van der Waals surface area contributed by atoms with Gasteiger partial charge >= 0.3 is 0 Å². The van der Waals surface area contributed by atoms with Crippen LogP contribution in [0.1, 0.15) is 41.3 Å². The van der Waals surface area contributed by atoms with Crippen LogP contribution >= 0.6 is 0 Å². The van der Waals surface area contributed by atoms with Gasteiger partial charge < -0.3 is 15.5 Å². The summed E-state index contributed by atoms with van der Waals surface area (Å²) in [6, 6.07) is 12.6. The van der Waals surface area contributed by atoms with Gasteiger partial charge in [0.2, 0.25) is 11.8 Å². The Kier molecular flexibility index (Phi) is 7.39. The first-order valence-electron chi connectivity index (χ1n) is 10.5. The Labute approximate surface area is 181 Å². The molecule has 3 rings (SSSR count). The molecule has 1 heterocycles. The van der Waals surface area contributed by atoms with Crippen LogP contribution in [0.2, 0.25) is 0 Å². The summed E-state index contributed by atoms with van der Waals surface area (Å²) in [7, 11) is 0. The number of hydrogen-bond acceptors (Lipinski definition) is 3. The van der Waals surface area contributed by atoms with E-state index in [9.17, 15) is 18.8 Å². The second-order valence-corrected chi connectivity index (χ2v) is 8.03. The van der Waals surface area contributed by atoms with Crippen molar-refractivity contribution in [3.8, 4) is 0 Å². The second-order valence-electron chi connectivity index (χ2n) is 8.03. The Hall–Kier alpha value is -3.22. The number of rotatable bonds is 6. The Morgan fingerprint density at radius 1 is 1.10 bits per heavy atom. The topological polar surface area (TPSA) is 78.5 Å². The SMILES string of the molecule is CC(=O)N[C@@H](Cc1cccc(F)c1)C(=O)NC1CCN(C(=O)c2ccc(C)cc2)CC1. The number of nitrogens with one attached hydrogen (secondary N) is 2. The van der Waals surface area contributed by atoms with E-state index in [1.807, 2.05) is 31.2 Å². The molecule has 7 heteroatoms. The van der Waals surface area contributed by atoms with E-state index in [0.717, 1.165) is 5.56 Å². The lowest BCUT2D eigenvalue weighted by molar-refractivity contribution is -0.128. The van der Waals surface area contributed by atoms with Crippen molar-refractivity contribution in [1.82, 2.24) is 15.5 Å². The molecule has 1 fully saturated rings. The largest absolute Gasteiger partial charge is 0.351 e. The molecule has 0 radical (unpaired) electrons. The molecule has 2 aromatic carbocycles. The first-order chi connectivity index (χ1) is 14.8. The van der Waals surface area contributed by atoms with Crippen LogP contribution < -0.4 is 10.6 Å². The van der Waals surface area contributed by atoms with Gasteiger partial charge in [-0.05, 0) is 49.6 Å². The fourth-order valence-corrected chi connectivity index (χ4v) is 3.76. The molecule has 0 aromatic heterocycles. The Morgan fingerprint density at radius 2 is 1.77 bits per heavy atom. The number of halogens is 1. The number of carbonyl (C=O) groups excluding carboxylic acids is 3. The third kappa shape index (κ3) is 6.38. The van der Waals surface area contributed by atoms with Gasteiger partial charge in [-0.15, -0.1) is 0 Å². The molecule has 0 saturated carbocycles. The minimum Gasteiger partial charge on any atom is -0.351 e. The van der Waals surface area contributed by atoms with Crippen molar-refractivity contribution in [2.45, 2.75) is 45.2 Å². The lowest BCUT2D eigenvalue weighted by Crippen LogP contribution is -2.53. The summed E-state index contributed by atoms with van der Waals surface area (Å²) < 4.78 is 13.5. The fraction of sp³-hybridized carbons (Fsp3) is 0.375. The summed E-state index contributed by atoms with van der Waals surface area (Å²) in [5, 5.41) is 5.63. The standard InChI is InChI=1S/C24H28FN3O3/c1-16-6-8-19(9-7-16)24(31)28-12-10-21(11-13-28)27-23(30)22(26-17(2)29)15-18-4-3-5-20(25)14-18/h3-9,14,21-22H,10-13,15H2,1-2H3,(H,26,29)(H,27,30)/t22-/m0/s1. The first kappa shape index (κ1) is 22.5. The smallest absolute Gasteiger partial charge is 0.253 e. The summed E-state index contributed by atoms with van der Waals surface area (Å²) in [6.07, 6.45) is 1.47. The van der Waals surface area contributed by atoms with Crippen LogP contribution in [0.3, 0.4) is 0 Å². The minimum absolute atomic E-state index is 0.00740. The van der Waals surface area contributed by atoms with Gasteiger partial charge in [0.25, 0.3) is 5.91 Å². The maximum Gasteiger partial charge on any atom is 0.253 e. The maximum absolute atomic E-state index is 13.5. The molecule has 2 aromatic rings. The first-order valence-corrected chi connectivity index (χ1v) is 10.5. The molecule has 1 atom stereocenters. The van der Waals surface area contributed by atoms with Crippen LogP contribution in [0.5, 0.6) is 0 Å². The Balaban J connectivity index is 1.55. The third-order valence-corrected chi connectivity index (χ3v) is 5.45. The monoisotopic (exact) mass is 425 g/mol. The summed E-state index contributed by atoms with van der Waals surface area (Å²) in [5.41, 5.74) is 2.39. The summed E-state index contributed by atoms with van der Waals surface area (Å²) in [4.78, 5) is 38.8. The summed E-state index contributed by atoms with van der Waals surface area (Å²) in [5.74, 6) is -1.02. The molecule has 0 unspecified atom stereocenters. The molecule has 1 aliphatic rings. The predicted molar refractivity (Wildman–Crippen MR) is 116 cm³/mol. The molecular formula is C24H28FN3O3. The van der Waals surface area contributed by atoms with Crippen LogP contribution in [0, 0.1) is 12.7 Å². The lowest BCUT2D eigenvalue weighted by atomic mass is 10.0. The van der Waals surface area contributed by atoms with E-state index < -0.39 is 6.04 Å². The van der Waals surface area contributed by atoms with Gasteiger partial charge in [0.15, 0.2) is 0 Å². The van der Waals surface area contributed by atoms with Crippen LogP contribution in [0.4, 0.5) is 4.39 Å². The van der Waals surface area contributed by atoms with Gasteiger partial charge in [-0.1, -0.05) is 29.8 Å². The molecule has 1 aliphatic heterocycles. The van der Waals surface area contributed by atoms with Crippen LogP contribution in [-0.2, 0) is 16.0 Å². The van der Waals surface area contributed by atoms with Crippen LogP contribution in [0.25, 0.3) is 0 Å². The Bertz CT molecular complexity index is 937. The number of benzene rings is 2. The highest BCUT2D eigenvalue weighted by Gasteiger charge is 2.27. The zero-order chi connectivity index (χ0) is 22.4. The van der Waals surface area contributed by atoms with Crippen molar-refractivity contribution >= 4 is 17.7 Å². The number of likely N-dealkylation sites (tertiary alicyclic amines) is 1. The number of amides is 3. The molecule has 6 nitrogen and oxygen atoms in total. The molecule has 3 amide bonds. The molecule has 0 bridgehead atoms. The number of carbonyl (C=O) groups is 3. The average Bonchev–Trinajstić information content (AvgIpc) is 2.73. The highest BCUT2D eigenvalue weighted by molar-refractivity contribution is 5.94. The zero-order valence-corrected chi connectivity index (χ0v) is 17.9. The van der Waals surface area contributed by atoms with Crippen molar-refractivity contribution in [3.05, 3.63) is 71.0 Å². The number of hydrogen-bond donors (Lipinski definition) is 2. The van der Waals surface area contributed by atoms with Crippen LogP contribution in [0.15, 0.2) is 48.5 Å². The van der Waals surface area contributed by atoms with E-state index in [0.29, 0.717) is 37.1 Å². The summed E-state index contributed by atoms with van der Waals surface area (Å²) >= 11 is 0. The van der Waals surface area contributed by atoms with Crippen LogP contribution in [-0.4, -0.2) is 47.8 Å². The van der Waals surface area contributed by atoms with Gasteiger partial charge in [0.05, 0.1) is 0 Å².